The topological polar surface area (TPSA) is 17.1 Å². The van der Waals surface area contributed by atoms with Crippen molar-refractivity contribution in [2.45, 2.75) is 6.92 Å². The first kappa shape index (κ1) is 10.9. The molecule has 10 radical (unpaired) electrons. The maximum Gasteiger partial charge on any atom is 0.163 e. The van der Waals surface area contributed by atoms with Gasteiger partial charge >= 0.3 is 0 Å². The largest absolute Gasteiger partial charge is 0.294 e. The molecule has 0 aromatic rings. The van der Waals surface area contributed by atoms with E-state index in [1.165, 1.54) is 0 Å². The van der Waals surface area contributed by atoms with Crippen LogP contribution in [0.5, 0.6) is 0 Å². The van der Waals surface area contributed by atoms with E-state index in [0.717, 1.165) is 17.4 Å². The minimum atomic E-state index is 0.0682. The lowest BCUT2D eigenvalue weighted by Crippen LogP contribution is -2.08. The van der Waals surface area contributed by atoms with Gasteiger partial charge in [0, 0.05) is 5.92 Å². The van der Waals surface area contributed by atoms with Crippen molar-refractivity contribution in [3.8, 4) is 0 Å². The Morgan fingerprint density at radius 1 is 0.933 bits per heavy atom. The Labute approximate surface area is 92.9 Å². The molecule has 0 bridgehead atoms. The number of hydrogen-bond acceptors (Lipinski definition) is 1. The smallest absolute Gasteiger partial charge is 0.163 e. The fraction of sp³-hybridized carbons (Fsp3) is 0.0714. The van der Waals surface area contributed by atoms with Gasteiger partial charge in [-0.3, -0.25) is 4.79 Å². The highest BCUT2D eigenvalue weighted by Crippen LogP contribution is 2.31. The van der Waals surface area contributed by atoms with Crippen LogP contribution < -0.4 is 0 Å². The van der Waals surface area contributed by atoms with Gasteiger partial charge in [0.25, 0.3) is 0 Å². The first-order valence-electron chi connectivity index (χ1n) is 4.94. The summed E-state index contributed by atoms with van der Waals surface area (Å²) in [5.41, 5.74) is 1.01. The SMILES string of the molecule is C/C(=C\C(=O)[C]1[CH][CH][CH][CH]1)[C]1[CH][CH][CH][CH]1. The summed E-state index contributed by atoms with van der Waals surface area (Å²) in [6.45, 7) is 1.95. The quantitative estimate of drug-likeness (QED) is 0.633. The van der Waals surface area contributed by atoms with Crippen molar-refractivity contribution in [2.75, 3.05) is 0 Å². The van der Waals surface area contributed by atoms with Gasteiger partial charge < -0.3 is 0 Å². The predicted molar refractivity (Wildman–Crippen MR) is 59.7 cm³/mol. The van der Waals surface area contributed by atoms with Gasteiger partial charge in [0.1, 0.15) is 0 Å². The summed E-state index contributed by atoms with van der Waals surface area (Å²) >= 11 is 0. The predicted octanol–water partition coefficient (Wildman–Crippen LogP) is 2.31. The highest BCUT2D eigenvalue weighted by atomic mass is 16.1. The Balaban J connectivity index is 1.92. The minimum Gasteiger partial charge on any atom is -0.294 e. The van der Waals surface area contributed by atoms with Crippen molar-refractivity contribution in [3.05, 3.63) is 74.9 Å². The number of ketones is 1. The highest BCUT2D eigenvalue weighted by Gasteiger charge is 2.24. The zero-order chi connectivity index (χ0) is 10.7. The van der Waals surface area contributed by atoms with Crippen LogP contribution in [-0.4, -0.2) is 5.78 Å². The summed E-state index contributed by atoms with van der Waals surface area (Å²) in [6, 6.07) is 0. The Hall–Kier alpha value is -0.590. The number of carbonyl (C=O) groups excluding carboxylic acids is 1. The van der Waals surface area contributed by atoms with Gasteiger partial charge in [-0.1, -0.05) is 5.57 Å². The lowest BCUT2D eigenvalue weighted by Gasteiger charge is -2.09. The molecular weight excluding hydrogens is 184 g/mol. The summed E-state index contributed by atoms with van der Waals surface area (Å²) < 4.78 is 0. The van der Waals surface area contributed by atoms with Crippen LogP contribution in [0, 0.1) is 63.2 Å². The summed E-state index contributed by atoms with van der Waals surface area (Å²) in [5.74, 6) is 1.93. The second kappa shape index (κ2) is 4.96. The first-order chi connectivity index (χ1) is 7.27. The van der Waals surface area contributed by atoms with E-state index in [0.29, 0.717) is 0 Å². The molecule has 15 heavy (non-hydrogen) atoms. The van der Waals surface area contributed by atoms with E-state index < -0.39 is 0 Å². The maximum atomic E-state index is 11.7. The molecule has 74 valence electrons. The Bertz CT molecular complexity index is 253. The van der Waals surface area contributed by atoms with E-state index >= 15 is 0 Å². The second-order valence-electron chi connectivity index (χ2n) is 3.54. The van der Waals surface area contributed by atoms with Crippen molar-refractivity contribution >= 4 is 5.78 Å². The van der Waals surface area contributed by atoms with Gasteiger partial charge in [0.05, 0.1) is 5.92 Å². The Morgan fingerprint density at radius 3 is 1.93 bits per heavy atom. The fourth-order valence-electron chi connectivity index (χ4n) is 1.54. The van der Waals surface area contributed by atoms with E-state index in [4.69, 9.17) is 0 Å². The number of carbonyl (C=O) groups is 1. The van der Waals surface area contributed by atoms with Crippen molar-refractivity contribution in [1.82, 2.24) is 0 Å². The van der Waals surface area contributed by atoms with Crippen LogP contribution in [0.25, 0.3) is 0 Å². The molecule has 2 aliphatic carbocycles. The third-order valence-electron chi connectivity index (χ3n) is 2.41. The van der Waals surface area contributed by atoms with Crippen molar-refractivity contribution in [3.63, 3.8) is 0 Å². The van der Waals surface area contributed by atoms with Crippen LogP contribution in [0.3, 0.4) is 0 Å². The van der Waals surface area contributed by atoms with Crippen LogP contribution in [0.4, 0.5) is 0 Å². The molecular formula is C14H12O. The number of hydrogen-bond donors (Lipinski definition) is 0. The molecule has 0 spiro atoms. The molecule has 0 N–H and O–H groups in total. The van der Waals surface area contributed by atoms with Gasteiger partial charge in [0.15, 0.2) is 5.78 Å². The Morgan fingerprint density at radius 2 is 1.40 bits per heavy atom. The van der Waals surface area contributed by atoms with Gasteiger partial charge in [-0.05, 0) is 64.4 Å². The first-order valence-corrected chi connectivity index (χ1v) is 4.94. The van der Waals surface area contributed by atoms with Crippen LogP contribution in [-0.2, 0) is 4.79 Å². The van der Waals surface area contributed by atoms with Gasteiger partial charge in [-0.2, -0.15) is 0 Å². The molecule has 2 fully saturated rings. The van der Waals surface area contributed by atoms with Crippen molar-refractivity contribution < 1.29 is 4.79 Å². The van der Waals surface area contributed by atoms with Gasteiger partial charge in [0.2, 0.25) is 0 Å². The molecule has 0 aromatic carbocycles. The molecule has 0 aliphatic heterocycles. The lowest BCUT2D eigenvalue weighted by molar-refractivity contribution is -0.112. The third-order valence-corrected chi connectivity index (χ3v) is 2.41. The standard InChI is InChI=1S/C14H12O/c1-11(12-6-2-3-7-12)10-14(15)13-8-4-5-9-13/h2-10H,1H3/b11-10+. The van der Waals surface area contributed by atoms with Crippen LogP contribution in [0.15, 0.2) is 11.6 Å². The molecule has 0 saturated heterocycles. The lowest BCUT2D eigenvalue weighted by atomic mass is 9.94. The fourth-order valence-corrected chi connectivity index (χ4v) is 1.54. The molecule has 0 heterocycles. The summed E-state index contributed by atoms with van der Waals surface area (Å²) in [5, 5.41) is 0. The van der Waals surface area contributed by atoms with E-state index in [1.807, 2.05) is 58.3 Å². The number of rotatable bonds is 3. The third kappa shape index (κ3) is 2.70. The molecule has 2 rings (SSSR count). The van der Waals surface area contributed by atoms with E-state index in [1.54, 1.807) is 6.08 Å². The van der Waals surface area contributed by atoms with Crippen LogP contribution >= 0.6 is 0 Å². The second-order valence-corrected chi connectivity index (χ2v) is 3.54. The zero-order valence-electron chi connectivity index (χ0n) is 8.60. The molecule has 0 aromatic heterocycles. The molecule has 0 unspecified atom stereocenters. The average Bonchev–Trinajstić information content (AvgIpc) is 2.91. The zero-order valence-corrected chi connectivity index (χ0v) is 8.60. The van der Waals surface area contributed by atoms with Crippen molar-refractivity contribution in [1.29, 1.82) is 0 Å². The van der Waals surface area contributed by atoms with E-state index in [-0.39, 0.29) is 5.78 Å². The van der Waals surface area contributed by atoms with E-state index in [2.05, 4.69) is 0 Å². The molecule has 0 amide bonds. The minimum absolute atomic E-state index is 0.0682. The highest BCUT2D eigenvalue weighted by molar-refractivity contribution is 6.06. The molecule has 2 saturated carbocycles. The summed E-state index contributed by atoms with van der Waals surface area (Å²) in [7, 11) is 0. The molecule has 2 aliphatic rings. The molecule has 1 nitrogen and oxygen atoms in total. The molecule has 1 heteroatoms. The summed E-state index contributed by atoms with van der Waals surface area (Å²) in [4.78, 5) is 11.7. The average molecular weight is 196 g/mol. The van der Waals surface area contributed by atoms with Crippen LogP contribution in [0.2, 0.25) is 0 Å². The van der Waals surface area contributed by atoms with Crippen LogP contribution in [0.1, 0.15) is 6.92 Å². The van der Waals surface area contributed by atoms with Gasteiger partial charge in [-0.15, -0.1) is 0 Å². The van der Waals surface area contributed by atoms with E-state index in [9.17, 15) is 4.79 Å². The van der Waals surface area contributed by atoms with Gasteiger partial charge in [-0.25, -0.2) is 0 Å². The Kier molecular flexibility index (Phi) is 3.61. The number of allylic oxidation sites excluding steroid dienone is 2. The normalized spacial score (nSPS) is 25.0. The monoisotopic (exact) mass is 196 g/mol. The maximum absolute atomic E-state index is 11.7. The summed E-state index contributed by atoms with van der Waals surface area (Å²) in [6.07, 6.45) is 17.0. The van der Waals surface area contributed by atoms with Crippen molar-refractivity contribution in [2.24, 2.45) is 0 Å². The molecule has 0 atom stereocenters.